The summed E-state index contributed by atoms with van der Waals surface area (Å²) in [6.07, 6.45) is 8.07. The largest absolute Gasteiger partial charge is 0.257 e. The second-order valence-electron chi connectivity index (χ2n) is 5.67. The summed E-state index contributed by atoms with van der Waals surface area (Å²) in [5.41, 5.74) is 1.34. The van der Waals surface area contributed by atoms with Gasteiger partial charge in [-0.05, 0) is 30.7 Å². The van der Waals surface area contributed by atoms with Gasteiger partial charge in [-0.3, -0.25) is 8.78 Å². The van der Waals surface area contributed by atoms with E-state index >= 15 is 0 Å². The van der Waals surface area contributed by atoms with Gasteiger partial charge in [0.05, 0.1) is 16.2 Å². The van der Waals surface area contributed by atoms with E-state index in [1.165, 1.54) is 16.9 Å². The fourth-order valence-corrected chi connectivity index (χ4v) is 4.92. The van der Waals surface area contributed by atoms with Crippen molar-refractivity contribution in [2.75, 3.05) is 6.26 Å². The van der Waals surface area contributed by atoms with E-state index in [1.54, 1.807) is 34.8 Å². The molecule has 0 spiro atoms. The molecule has 8 heteroatoms. The summed E-state index contributed by atoms with van der Waals surface area (Å²) in [6.45, 7) is 2.29. The van der Waals surface area contributed by atoms with Crippen molar-refractivity contribution in [1.29, 1.82) is 0 Å². The van der Waals surface area contributed by atoms with Crippen LogP contribution in [0.3, 0.4) is 0 Å². The van der Waals surface area contributed by atoms with Gasteiger partial charge in [-0.1, -0.05) is 6.92 Å². The SMILES string of the molecule is C[C@H]1CCc2c(sc3ncnc(-n4cnnc4[S@](C)=O)c23)C1. The molecule has 4 rings (SSSR count). The number of rotatable bonds is 2. The van der Waals surface area contributed by atoms with Gasteiger partial charge in [0, 0.05) is 11.1 Å². The first-order valence-corrected chi connectivity index (χ1v) is 9.51. The fourth-order valence-electron chi connectivity index (χ4n) is 3.01. The lowest BCUT2D eigenvalue weighted by atomic mass is 9.89. The maximum Gasteiger partial charge on any atom is 0.226 e. The summed E-state index contributed by atoms with van der Waals surface area (Å²) < 4.78 is 13.6. The molecule has 0 bridgehead atoms. The molecule has 3 aromatic rings. The Morgan fingerprint density at radius 1 is 1.41 bits per heavy atom. The minimum atomic E-state index is -1.22. The predicted octanol–water partition coefficient (Wildman–Crippen LogP) is 2.13. The zero-order valence-corrected chi connectivity index (χ0v) is 13.9. The van der Waals surface area contributed by atoms with Gasteiger partial charge in [-0.2, -0.15) is 0 Å². The number of nitrogens with zero attached hydrogens (tertiary/aromatic N) is 5. The highest BCUT2D eigenvalue weighted by molar-refractivity contribution is 7.84. The predicted molar refractivity (Wildman–Crippen MR) is 85.9 cm³/mol. The molecular weight excluding hydrogens is 318 g/mol. The first-order valence-electron chi connectivity index (χ1n) is 7.14. The topological polar surface area (TPSA) is 73.6 Å². The Morgan fingerprint density at radius 2 is 2.27 bits per heavy atom. The third-order valence-electron chi connectivity index (χ3n) is 4.07. The van der Waals surface area contributed by atoms with Gasteiger partial charge in [0.15, 0.2) is 5.82 Å². The van der Waals surface area contributed by atoms with Crippen molar-refractivity contribution in [3.05, 3.63) is 23.1 Å². The highest BCUT2D eigenvalue weighted by Crippen LogP contribution is 2.39. The van der Waals surface area contributed by atoms with E-state index in [1.807, 2.05) is 0 Å². The summed E-state index contributed by atoms with van der Waals surface area (Å²) in [6, 6.07) is 0. The van der Waals surface area contributed by atoms with Crippen LogP contribution in [0.2, 0.25) is 0 Å². The minimum Gasteiger partial charge on any atom is -0.257 e. The molecule has 3 heterocycles. The average Bonchev–Trinajstić information content (AvgIpc) is 3.10. The first-order chi connectivity index (χ1) is 10.6. The van der Waals surface area contributed by atoms with Crippen LogP contribution in [0.4, 0.5) is 0 Å². The molecule has 0 aliphatic heterocycles. The standard InChI is InChI=1S/C14H15N5OS2/c1-8-3-4-9-10(5-8)21-13-11(9)12(15-6-16-13)19-7-17-18-14(19)22(2)20/h6-8H,3-5H2,1-2H3/t8-,22-/m0/s1. The molecule has 6 nitrogen and oxygen atoms in total. The zero-order chi connectivity index (χ0) is 15.3. The van der Waals surface area contributed by atoms with E-state index < -0.39 is 10.8 Å². The summed E-state index contributed by atoms with van der Waals surface area (Å²) in [5.74, 6) is 1.46. The van der Waals surface area contributed by atoms with Crippen LogP contribution < -0.4 is 0 Å². The summed E-state index contributed by atoms with van der Waals surface area (Å²) in [4.78, 5) is 11.3. The number of fused-ring (bicyclic) bond motifs is 3. The van der Waals surface area contributed by atoms with Crippen molar-refractivity contribution in [1.82, 2.24) is 24.7 Å². The Labute approximate surface area is 134 Å². The van der Waals surface area contributed by atoms with Crippen molar-refractivity contribution in [3.8, 4) is 5.82 Å². The normalized spacial score (nSPS) is 19.3. The Kier molecular flexibility index (Phi) is 3.30. The molecule has 114 valence electrons. The Morgan fingerprint density at radius 3 is 3.09 bits per heavy atom. The number of aromatic nitrogens is 5. The molecule has 3 aromatic heterocycles. The van der Waals surface area contributed by atoms with Crippen LogP contribution >= 0.6 is 11.3 Å². The maximum atomic E-state index is 11.9. The third-order valence-corrected chi connectivity index (χ3v) is 6.03. The van der Waals surface area contributed by atoms with Crippen molar-refractivity contribution in [2.24, 2.45) is 5.92 Å². The quantitative estimate of drug-likeness (QED) is 0.718. The van der Waals surface area contributed by atoms with Crippen molar-refractivity contribution >= 4 is 32.4 Å². The highest BCUT2D eigenvalue weighted by Gasteiger charge is 2.24. The second-order valence-corrected chi connectivity index (χ2v) is 8.02. The van der Waals surface area contributed by atoms with Crippen LogP contribution in [-0.4, -0.2) is 35.2 Å². The number of thiophene rings is 1. The molecule has 0 radical (unpaired) electrons. The van der Waals surface area contributed by atoms with E-state index in [0.29, 0.717) is 11.1 Å². The van der Waals surface area contributed by atoms with Crippen LogP contribution in [0.15, 0.2) is 17.8 Å². The Hall–Kier alpha value is -1.67. The van der Waals surface area contributed by atoms with Gasteiger partial charge >= 0.3 is 0 Å². The van der Waals surface area contributed by atoms with Crippen LogP contribution in [0, 0.1) is 5.92 Å². The number of hydrogen-bond donors (Lipinski definition) is 0. The lowest BCUT2D eigenvalue weighted by Gasteiger charge is -2.18. The summed E-state index contributed by atoms with van der Waals surface area (Å²) in [7, 11) is -1.22. The fraction of sp³-hybridized carbons (Fsp3) is 0.429. The van der Waals surface area contributed by atoms with Crippen molar-refractivity contribution < 1.29 is 4.21 Å². The summed E-state index contributed by atoms with van der Waals surface area (Å²) >= 11 is 1.75. The molecule has 0 N–H and O–H groups in total. The highest BCUT2D eigenvalue weighted by atomic mass is 32.2. The van der Waals surface area contributed by atoms with Crippen LogP contribution in [0.1, 0.15) is 23.8 Å². The molecule has 0 saturated carbocycles. The molecular formula is C14H15N5OS2. The molecule has 2 atom stereocenters. The molecule has 0 unspecified atom stereocenters. The van der Waals surface area contributed by atoms with E-state index in [9.17, 15) is 4.21 Å². The Balaban J connectivity index is 1.99. The van der Waals surface area contributed by atoms with E-state index in [0.717, 1.165) is 28.9 Å². The molecule has 22 heavy (non-hydrogen) atoms. The second kappa shape index (κ2) is 5.20. The third kappa shape index (κ3) is 2.09. The number of hydrogen-bond acceptors (Lipinski definition) is 6. The van der Waals surface area contributed by atoms with Gasteiger partial charge in [0.25, 0.3) is 0 Å². The Bertz CT molecular complexity index is 885. The first kappa shape index (κ1) is 14.0. The van der Waals surface area contributed by atoms with E-state index in [-0.39, 0.29) is 0 Å². The number of aryl methyl sites for hydroxylation is 1. The van der Waals surface area contributed by atoms with Gasteiger partial charge in [-0.15, -0.1) is 21.5 Å². The monoisotopic (exact) mass is 333 g/mol. The van der Waals surface area contributed by atoms with Gasteiger partial charge in [-0.25, -0.2) is 9.97 Å². The molecule has 0 saturated heterocycles. The molecule has 0 amide bonds. The minimum absolute atomic E-state index is 0.420. The van der Waals surface area contributed by atoms with Crippen LogP contribution in [-0.2, 0) is 23.6 Å². The van der Waals surface area contributed by atoms with E-state index in [4.69, 9.17) is 0 Å². The van der Waals surface area contributed by atoms with Gasteiger partial charge in [0.2, 0.25) is 5.16 Å². The average molecular weight is 333 g/mol. The van der Waals surface area contributed by atoms with Crippen molar-refractivity contribution in [3.63, 3.8) is 0 Å². The summed E-state index contributed by atoms with van der Waals surface area (Å²) in [5, 5.41) is 9.35. The lowest BCUT2D eigenvalue weighted by molar-refractivity contribution is 0.509. The van der Waals surface area contributed by atoms with Gasteiger partial charge in [0.1, 0.15) is 17.5 Å². The van der Waals surface area contributed by atoms with Gasteiger partial charge < -0.3 is 0 Å². The van der Waals surface area contributed by atoms with E-state index in [2.05, 4.69) is 27.1 Å². The van der Waals surface area contributed by atoms with Crippen LogP contribution in [0.25, 0.3) is 16.0 Å². The molecule has 0 fully saturated rings. The molecule has 1 aliphatic rings. The van der Waals surface area contributed by atoms with Crippen LogP contribution in [0.5, 0.6) is 0 Å². The maximum absolute atomic E-state index is 11.9. The smallest absolute Gasteiger partial charge is 0.226 e. The molecule has 1 aliphatic carbocycles. The van der Waals surface area contributed by atoms with Crippen molar-refractivity contribution in [2.45, 2.75) is 31.3 Å². The lowest BCUT2D eigenvalue weighted by Crippen LogP contribution is -2.10. The zero-order valence-electron chi connectivity index (χ0n) is 12.3. The molecule has 0 aromatic carbocycles.